The van der Waals surface area contributed by atoms with Gasteiger partial charge in [0.1, 0.15) is 5.75 Å². The Labute approximate surface area is 363 Å². The van der Waals surface area contributed by atoms with Crippen molar-refractivity contribution >= 4 is 74.4 Å². The van der Waals surface area contributed by atoms with Crippen molar-refractivity contribution < 1.29 is 123 Å². The number of hydrogen-bond donors (Lipinski definition) is 2. The number of fused-ring (bicyclic) bond motifs is 1. The van der Waals surface area contributed by atoms with Gasteiger partial charge in [-0.25, -0.2) is 0 Å². The molecule has 0 fully saturated rings. The monoisotopic (exact) mass is 1050 g/mol. The van der Waals surface area contributed by atoms with E-state index >= 15 is 0 Å². The molecule has 0 amide bonds. The van der Waals surface area contributed by atoms with Crippen LogP contribution in [0.25, 0.3) is 10.8 Å². The number of allylic oxidation sites excluding steroid dienone is 2. The van der Waals surface area contributed by atoms with Crippen LogP contribution >= 0.6 is 0 Å². The minimum absolute atomic E-state index is 0.0403. The quantitative estimate of drug-likeness (QED) is 0.0294. The van der Waals surface area contributed by atoms with Crippen molar-refractivity contribution in [2.45, 2.75) is 59.6 Å². The zero-order valence-electron chi connectivity index (χ0n) is 32.4. The predicted octanol–water partition coefficient (Wildman–Crippen LogP) is 6.80. The molecule has 16 nitrogen and oxygen atoms in total. The molecule has 0 radical (unpaired) electrons. The Bertz CT molecular complexity index is 2940. The molecule has 0 spiro atoms. The summed E-state index contributed by atoms with van der Waals surface area (Å²) >= 11 is 0. The molecule has 3 aromatic carbocycles. The van der Waals surface area contributed by atoms with E-state index in [0.717, 1.165) is 30.3 Å². The van der Waals surface area contributed by atoms with Crippen LogP contribution in [0.3, 0.4) is 0 Å². The smallest absolute Gasteiger partial charge is 0.378 e. The Kier molecular flexibility index (Phi) is 16.0. The van der Waals surface area contributed by atoms with Gasteiger partial charge in [0.15, 0.2) is 28.9 Å². The zero-order chi connectivity index (χ0) is 51.8. The molecule has 66 heavy (non-hydrogen) atoms. The van der Waals surface area contributed by atoms with Gasteiger partial charge in [0, 0.05) is 16.5 Å². The lowest BCUT2D eigenvalue weighted by Gasteiger charge is -2.29. The first kappa shape index (κ1) is 56.7. The second-order valence-electron chi connectivity index (χ2n) is 13.0. The van der Waals surface area contributed by atoms with E-state index in [4.69, 9.17) is 9.11 Å². The topological polar surface area (TPSA) is 264 Å². The Morgan fingerprint density at radius 3 is 1.26 bits per heavy atom. The van der Waals surface area contributed by atoms with Gasteiger partial charge < -0.3 is 8.37 Å². The largest absolute Gasteiger partial charge is 0.450 e. The van der Waals surface area contributed by atoms with E-state index in [1.807, 2.05) is 0 Å². The number of ketones is 4. The lowest BCUT2D eigenvalue weighted by Crippen LogP contribution is -2.61. The molecule has 0 heterocycles. The van der Waals surface area contributed by atoms with Crippen molar-refractivity contribution in [2.75, 3.05) is 0 Å². The average molecular weight is 1050 g/mol. The van der Waals surface area contributed by atoms with Crippen molar-refractivity contribution in [3.63, 3.8) is 0 Å². The van der Waals surface area contributed by atoms with Crippen LogP contribution in [-0.2, 0) is 50.1 Å². The molecule has 0 aliphatic carbocycles. The number of benzene rings is 3. The van der Waals surface area contributed by atoms with E-state index in [0.29, 0.717) is 18.2 Å². The van der Waals surface area contributed by atoms with Crippen molar-refractivity contribution in [2.24, 2.45) is 0 Å². The maximum absolute atomic E-state index is 14.1. The normalized spacial score (nSPS) is 13.5. The molecule has 366 valence electrons. The first-order valence-electron chi connectivity index (χ1n) is 16.5. The summed E-state index contributed by atoms with van der Waals surface area (Å²) < 4.78 is 276. The molecular weight excluding hydrogens is 1020 g/mol. The highest BCUT2D eigenvalue weighted by molar-refractivity contribution is 7.89. The van der Waals surface area contributed by atoms with Gasteiger partial charge in [-0.15, -0.1) is 0 Å². The Morgan fingerprint density at radius 1 is 0.515 bits per heavy atom. The number of alkyl halides is 12. The summed E-state index contributed by atoms with van der Waals surface area (Å²) in [6.45, 7) is 9.32. The minimum Gasteiger partial charge on any atom is -0.378 e. The highest BCUT2D eigenvalue weighted by Crippen LogP contribution is 2.52. The fourth-order valence-electron chi connectivity index (χ4n) is 4.40. The van der Waals surface area contributed by atoms with Gasteiger partial charge in [0.2, 0.25) is 0 Å². The maximum atomic E-state index is 14.1. The van der Waals surface area contributed by atoms with Gasteiger partial charge in [0.05, 0.1) is 12.8 Å². The predicted molar refractivity (Wildman–Crippen MR) is 200 cm³/mol. The van der Waals surface area contributed by atoms with Gasteiger partial charge in [-0.2, -0.15) is 86.4 Å². The SMILES string of the molecule is C=C(C)C(=O)CC(=O)c1ccc(OS(=O)(=O)C(F)(F)C(F)(F)C(F)(F)S(=O)(=O)O)c2ccccc12.C=C(C)C(=O)CC(=O)c1ccc(OS(=O)(=O)C(F)(F)C(F)(F)C(F)(F)S(=O)(=O)O)cc1. The van der Waals surface area contributed by atoms with Crippen LogP contribution < -0.4 is 8.37 Å². The molecule has 0 aromatic heterocycles. The number of rotatable bonds is 20. The number of halogens is 12. The second kappa shape index (κ2) is 18.7. The zero-order valence-corrected chi connectivity index (χ0v) is 35.6. The third-order valence-electron chi connectivity index (χ3n) is 8.10. The highest BCUT2D eigenvalue weighted by atomic mass is 32.2. The van der Waals surface area contributed by atoms with Crippen molar-refractivity contribution in [1.82, 2.24) is 0 Å². The third kappa shape index (κ3) is 10.7. The molecular formula is C34H26F12O16S4. The summed E-state index contributed by atoms with van der Waals surface area (Å²) in [6.07, 6.45) is -1.32. The minimum atomic E-state index is -7.20. The van der Waals surface area contributed by atoms with E-state index < -0.39 is 126 Å². The molecule has 3 rings (SSSR count). The number of Topliss-reactive ketones (excluding diaryl/α,β-unsaturated/α-hetero) is 4. The first-order chi connectivity index (χ1) is 29.4. The van der Waals surface area contributed by atoms with Crippen molar-refractivity contribution in [3.05, 3.63) is 96.1 Å². The summed E-state index contributed by atoms with van der Waals surface area (Å²) in [6, 6.07) is 8.53. The van der Waals surface area contributed by atoms with E-state index in [-0.39, 0.29) is 27.7 Å². The Morgan fingerprint density at radius 2 is 0.879 bits per heavy atom. The summed E-state index contributed by atoms with van der Waals surface area (Å²) in [4.78, 5) is 47.5. The lowest BCUT2D eigenvalue weighted by molar-refractivity contribution is -0.247. The number of hydrogen-bond acceptors (Lipinski definition) is 14. The second-order valence-corrected chi connectivity index (χ2v) is 19.1. The van der Waals surface area contributed by atoms with Crippen LogP contribution in [0.1, 0.15) is 47.4 Å². The molecule has 32 heteroatoms. The summed E-state index contributed by atoms with van der Waals surface area (Å²) in [5.41, 5.74) is -0.396. The summed E-state index contributed by atoms with van der Waals surface area (Å²) in [5, 5.41) is -28.1. The fourth-order valence-corrected chi connectivity index (χ4v) is 7.27. The van der Waals surface area contributed by atoms with Crippen molar-refractivity contribution in [3.8, 4) is 11.5 Å². The van der Waals surface area contributed by atoms with E-state index in [1.165, 1.54) is 26.0 Å². The molecule has 0 aliphatic heterocycles. The number of carbonyl (C=O) groups is 4. The first-order valence-corrected chi connectivity index (χ1v) is 22.2. The molecule has 0 saturated heterocycles. The Balaban J connectivity index is 0.000000457. The van der Waals surface area contributed by atoms with Gasteiger partial charge in [-0.1, -0.05) is 37.4 Å². The molecule has 0 unspecified atom stereocenters. The molecule has 0 saturated carbocycles. The molecule has 2 N–H and O–H groups in total. The van der Waals surface area contributed by atoms with E-state index in [9.17, 15) is 106 Å². The van der Waals surface area contributed by atoms with Gasteiger partial charge in [0.25, 0.3) is 0 Å². The molecule has 0 bridgehead atoms. The van der Waals surface area contributed by atoms with E-state index in [2.05, 4.69) is 21.5 Å². The van der Waals surface area contributed by atoms with Crippen LogP contribution in [-0.4, -0.2) is 98.8 Å². The fraction of sp³-hybridized carbons (Fsp3) is 0.294. The standard InChI is InChI=1S/C19H14F6O8S2.C15H12F6O8S2/c1-10(2)14(26)9-15(27)12-7-8-16(13-6-4-3-5-11(12)13)33-35(31,32)19(24,25)17(20,21)18(22,23)34(28,29)30;1-8(2)11(22)7-12(23)9-3-5-10(6-4-9)29-31(27,28)15(20,21)13(16,17)14(18,19)30(24,25)26/h3-8H,1,9H2,2H3,(H,28,29,30);3-6H,1,7H2,2H3,(H,24,25,26). The summed E-state index contributed by atoms with van der Waals surface area (Å²) in [5.74, 6) is -19.5. The average Bonchev–Trinajstić information content (AvgIpc) is 3.16. The van der Waals surface area contributed by atoms with Crippen LogP contribution in [0.2, 0.25) is 0 Å². The molecule has 3 aromatic rings. The van der Waals surface area contributed by atoms with Crippen LogP contribution in [0.4, 0.5) is 52.7 Å². The van der Waals surface area contributed by atoms with Gasteiger partial charge >= 0.3 is 73.3 Å². The van der Waals surface area contributed by atoms with Crippen LogP contribution in [0.5, 0.6) is 11.5 Å². The number of carbonyl (C=O) groups excluding carboxylic acids is 4. The van der Waals surface area contributed by atoms with E-state index in [1.54, 1.807) is 0 Å². The molecule has 0 aliphatic rings. The Hall–Kier alpha value is -5.44. The maximum Gasteiger partial charge on any atom is 0.450 e. The molecule has 0 atom stereocenters. The van der Waals surface area contributed by atoms with Gasteiger partial charge in [-0.3, -0.25) is 28.3 Å². The summed E-state index contributed by atoms with van der Waals surface area (Å²) in [7, 11) is -28.4. The van der Waals surface area contributed by atoms with Crippen molar-refractivity contribution in [1.29, 1.82) is 0 Å². The highest BCUT2D eigenvalue weighted by Gasteiger charge is 2.84. The third-order valence-corrected chi connectivity index (χ3v) is 12.5. The van der Waals surface area contributed by atoms with Crippen LogP contribution in [0.15, 0.2) is 85.0 Å². The lowest BCUT2D eigenvalue weighted by atomic mass is 9.97. The van der Waals surface area contributed by atoms with Gasteiger partial charge in [-0.05, 0) is 66.8 Å². The van der Waals surface area contributed by atoms with Crippen LogP contribution in [0, 0.1) is 0 Å².